The van der Waals surface area contributed by atoms with Gasteiger partial charge >= 0.3 is 0 Å². The summed E-state index contributed by atoms with van der Waals surface area (Å²) < 4.78 is 27.2. The fourth-order valence-electron chi connectivity index (χ4n) is 3.29. The first-order valence-electron chi connectivity index (χ1n) is 9.46. The quantitative estimate of drug-likeness (QED) is 0.736. The van der Waals surface area contributed by atoms with Crippen molar-refractivity contribution in [3.8, 4) is 28.7 Å². The summed E-state index contributed by atoms with van der Waals surface area (Å²) in [6.07, 6.45) is 2.18. The standard InChI is InChI=1S/C21H23NO7/c1-25-18-7-13(4-5-17(18)27-11-14-3-2-6-26-14)10-22-21(24)15-8-19-20(9-16(15)23)29-12-28-19/h4-5,7-9,14,23H,2-3,6,10-12H2,1H3,(H,22,24)/t14-/m1/s1. The molecule has 1 fully saturated rings. The number of hydrogen-bond acceptors (Lipinski definition) is 7. The number of nitrogens with one attached hydrogen (secondary N) is 1. The molecule has 2 aromatic carbocycles. The lowest BCUT2D eigenvalue weighted by Crippen LogP contribution is -2.23. The normalized spacial score (nSPS) is 17.2. The lowest BCUT2D eigenvalue weighted by atomic mass is 10.1. The van der Waals surface area contributed by atoms with Gasteiger partial charge in [0.1, 0.15) is 12.4 Å². The van der Waals surface area contributed by atoms with Gasteiger partial charge in [-0.25, -0.2) is 0 Å². The highest BCUT2D eigenvalue weighted by molar-refractivity contribution is 5.97. The molecule has 2 aliphatic heterocycles. The summed E-state index contributed by atoms with van der Waals surface area (Å²) in [5.74, 6) is 1.48. The number of methoxy groups -OCH3 is 1. The van der Waals surface area contributed by atoms with E-state index in [1.807, 2.05) is 18.2 Å². The second-order valence-corrected chi connectivity index (χ2v) is 6.84. The average molecular weight is 401 g/mol. The highest BCUT2D eigenvalue weighted by Gasteiger charge is 2.21. The fourth-order valence-corrected chi connectivity index (χ4v) is 3.29. The van der Waals surface area contributed by atoms with Crippen LogP contribution < -0.4 is 24.3 Å². The molecule has 8 nitrogen and oxygen atoms in total. The number of benzene rings is 2. The van der Waals surface area contributed by atoms with Crippen LogP contribution in [-0.2, 0) is 11.3 Å². The third-order valence-corrected chi connectivity index (χ3v) is 4.87. The molecule has 2 N–H and O–H groups in total. The molecular formula is C21H23NO7. The lowest BCUT2D eigenvalue weighted by Gasteiger charge is -2.15. The van der Waals surface area contributed by atoms with E-state index >= 15 is 0 Å². The van der Waals surface area contributed by atoms with Gasteiger partial charge in [0, 0.05) is 25.3 Å². The largest absolute Gasteiger partial charge is 0.507 e. The summed E-state index contributed by atoms with van der Waals surface area (Å²) in [5, 5.41) is 12.8. The summed E-state index contributed by atoms with van der Waals surface area (Å²) in [6.45, 7) is 1.59. The molecule has 8 heteroatoms. The number of hydrogen-bond donors (Lipinski definition) is 2. The minimum atomic E-state index is -0.418. The molecule has 0 spiro atoms. The third kappa shape index (κ3) is 4.32. The Labute approximate surface area is 168 Å². The smallest absolute Gasteiger partial charge is 0.255 e. The molecule has 2 aliphatic rings. The van der Waals surface area contributed by atoms with E-state index in [0.29, 0.717) is 29.6 Å². The van der Waals surface area contributed by atoms with Crippen molar-refractivity contribution < 1.29 is 33.6 Å². The Morgan fingerprint density at radius 2 is 2.03 bits per heavy atom. The topological polar surface area (TPSA) is 95.5 Å². The number of aromatic hydroxyl groups is 1. The molecule has 154 valence electrons. The monoisotopic (exact) mass is 401 g/mol. The summed E-state index contributed by atoms with van der Waals surface area (Å²) in [4.78, 5) is 12.5. The zero-order valence-corrected chi connectivity index (χ0v) is 16.1. The molecule has 2 aromatic rings. The Balaban J connectivity index is 1.38. The number of fused-ring (bicyclic) bond motifs is 1. The van der Waals surface area contributed by atoms with Crippen LogP contribution >= 0.6 is 0 Å². The van der Waals surface area contributed by atoms with Gasteiger partial charge in [0.15, 0.2) is 23.0 Å². The summed E-state index contributed by atoms with van der Waals surface area (Å²) >= 11 is 0. The fraction of sp³-hybridized carbons (Fsp3) is 0.381. The Morgan fingerprint density at radius 3 is 2.79 bits per heavy atom. The van der Waals surface area contributed by atoms with E-state index in [0.717, 1.165) is 25.0 Å². The summed E-state index contributed by atoms with van der Waals surface area (Å²) in [5.41, 5.74) is 0.956. The number of carbonyl (C=O) groups excluding carboxylic acids is 1. The van der Waals surface area contributed by atoms with Gasteiger partial charge in [0.05, 0.1) is 18.8 Å². The molecule has 1 saturated heterocycles. The molecule has 0 unspecified atom stereocenters. The maximum Gasteiger partial charge on any atom is 0.255 e. The Bertz CT molecular complexity index is 893. The van der Waals surface area contributed by atoms with Crippen molar-refractivity contribution in [3.05, 3.63) is 41.5 Å². The molecule has 0 aliphatic carbocycles. The first-order valence-corrected chi connectivity index (χ1v) is 9.46. The number of rotatable bonds is 7. The van der Waals surface area contributed by atoms with Gasteiger partial charge in [-0.15, -0.1) is 0 Å². The van der Waals surface area contributed by atoms with E-state index in [1.54, 1.807) is 7.11 Å². The van der Waals surface area contributed by atoms with Crippen molar-refractivity contribution in [2.24, 2.45) is 0 Å². The Kier molecular flexibility index (Phi) is 5.62. The minimum absolute atomic E-state index is 0.0704. The SMILES string of the molecule is COc1cc(CNC(=O)c2cc3c(cc2O)OCO3)ccc1OC[C@H]1CCCO1. The van der Waals surface area contributed by atoms with Gasteiger partial charge in [-0.05, 0) is 30.5 Å². The van der Waals surface area contributed by atoms with Gasteiger partial charge in [0.25, 0.3) is 5.91 Å². The van der Waals surface area contributed by atoms with E-state index in [4.69, 9.17) is 23.7 Å². The molecule has 29 heavy (non-hydrogen) atoms. The molecule has 0 radical (unpaired) electrons. The molecule has 4 rings (SSSR count). The van der Waals surface area contributed by atoms with E-state index < -0.39 is 5.91 Å². The van der Waals surface area contributed by atoms with E-state index in [-0.39, 0.29) is 30.8 Å². The number of ether oxygens (including phenoxy) is 5. The second-order valence-electron chi connectivity index (χ2n) is 6.84. The molecule has 0 saturated carbocycles. The van der Waals surface area contributed by atoms with Crippen LogP contribution in [0.15, 0.2) is 30.3 Å². The van der Waals surface area contributed by atoms with Crippen molar-refractivity contribution in [2.45, 2.75) is 25.5 Å². The summed E-state index contributed by atoms with van der Waals surface area (Å²) in [7, 11) is 1.57. The first kappa shape index (κ1) is 19.2. The highest BCUT2D eigenvalue weighted by atomic mass is 16.7. The van der Waals surface area contributed by atoms with Gasteiger partial charge in [-0.2, -0.15) is 0 Å². The molecule has 2 heterocycles. The number of carbonyl (C=O) groups is 1. The maximum atomic E-state index is 12.5. The molecule has 1 atom stereocenters. The first-order chi connectivity index (χ1) is 14.1. The van der Waals surface area contributed by atoms with Crippen LogP contribution in [0.2, 0.25) is 0 Å². The zero-order valence-electron chi connectivity index (χ0n) is 16.1. The number of phenols is 1. The highest BCUT2D eigenvalue weighted by Crippen LogP contribution is 2.37. The number of amides is 1. The van der Waals surface area contributed by atoms with Gasteiger partial charge in [-0.1, -0.05) is 6.07 Å². The van der Waals surface area contributed by atoms with Crippen molar-refractivity contribution >= 4 is 5.91 Å². The van der Waals surface area contributed by atoms with Crippen LogP contribution in [0.4, 0.5) is 0 Å². The second kappa shape index (κ2) is 8.48. The Morgan fingerprint density at radius 1 is 1.21 bits per heavy atom. The zero-order chi connectivity index (χ0) is 20.2. The van der Waals surface area contributed by atoms with Crippen molar-refractivity contribution in [3.63, 3.8) is 0 Å². The van der Waals surface area contributed by atoms with Crippen LogP contribution in [0, 0.1) is 0 Å². The van der Waals surface area contributed by atoms with E-state index in [2.05, 4.69) is 5.32 Å². The lowest BCUT2D eigenvalue weighted by molar-refractivity contribution is 0.0669. The van der Waals surface area contributed by atoms with Crippen molar-refractivity contribution in [2.75, 3.05) is 27.1 Å². The average Bonchev–Trinajstić information content (AvgIpc) is 3.41. The van der Waals surface area contributed by atoms with Crippen LogP contribution in [0.5, 0.6) is 28.7 Å². The van der Waals surface area contributed by atoms with Gasteiger partial charge < -0.3 is 34.1 Å². The maximum absolute atomic E-state index is 12.5. The van der Waals surface area contributed by atoms with Crippen LogP contribution in [0.1, 0.15) is 28.8 Å². The Hall–Kier alpha value is -3.13. The number of phenolic OH excluding ortho intramolecular Hbond substituents is 1. The van der Waals surface area contributed by atoms with E-state index in [1.165, 1.54) is 12.1 Å². The van der Waals surface area contributed by atoms with Crippen LogP contribution in [0.25, 0.3) is 0 Å². The van der Waals surface area contributed by atoms with Gasteiger partial charge in [0.2, 0.25) is 6.79 Å². The van der Waals surface area contributed by atoms with Crippen LogP contribution in [0.3, 0.4) is 0 Å². The third-order valence-electron chi connectivity index (χ3n) is 4.87. The molecule has 0 bridgehead atoms. The van der Waals surface area contributed by atoms with Crippen molar-refractivity contribution in [1.82, 2.24) is 5.32 Å². The summed E-state index contributed by atoms with van der Waals surface area (Å²) in [6, 6.07) is 8.32. The predicted octanol–water partition coefficient (Wildman–Crippen LogP) is 2.62. The minimum Gasteiger partial charge on any atom is -0.507 e. The van der Waals surface area contributed by atoms with Gasteiger partial charge in [-0.3, -0.25) is 4.79 Å². The van der Waals surface area contributed by atoms with Crippen LogP contribution in [-0.4, -0.2) is 44.2 Å². The molecule has 0 aromatic heterocycles. The molecular weight excluding hydrogens is 378 g/mol. The van der Waals surface area contributed by atoms with Crippen molar-refractivity contribution in [1.29, 1.82) is 0 Å². The predicted molar refractivity (Wildman–Crippen MR) is 103 cm³/mol. The van der Waals surface area contributed by atoms with E-state index in [9.17, 15) is 9.90 Å². The molecule has 1 amide bonds.